The lowest BCUT2D eigenvalue weighted by Crippen LogP contribution is -2.45. The summed E-state index contributed by atoms with van der Waals surface area (Å²) in [5.41, 5.74) is 0. The van der Waals surface area contributed by atoms with Crippen LogP contribution in [0.15, 0.2) is 4.99 Å². The fraction of sp³-hybridized carbons (Fsp3) is 0.812. The molecule has 11 heteroatoms. The lowest BCUT2D eigenvalue weighted by molar-refractivity contribution is -0.143. The Labute approximate surface area is 162 Å². The van der Waals surface area contributed by atoms with Gasteiger partial charge in [0, 0.05) is 32.7 Å². The number of thioether (sulfide) groups is 1. The second kappa shape index (κ2) is 10.2. The number of guanidine groups is 1. The minimum atomic E-state index is -4.16. The van der Waals surface area contributed by atoms with Crippen molar-refractivity contribution in [1.82, 2.24) is 30.3 Å². The average molecular weight is 408 g/mol. The first kappa shape index (κ1) is 21.8. The van der Waals surface area contributed by atoms with E-state index in [4.69, 9.17) is 0 Å². The maximum absolute atomic E-state index is 12.6. The normalized spacial score (nSPS) is 18.9. The average Bonchev–Trinajstić information content (AvgIpc) is 3.15. The van der Waals surface area contributed by atoms with Crippen molar-refractivity contribution in [2.24, 2.45) is 12.0 Å². The van der Waals surface area contributed by atoms with Gasteiger partial charge in [-0.25, -0.2) is 4.99 Å². The van der Waals surface area contributed by atoms with Crippen LogP contribution in [0.1, 0.15) is 24.5 Å². The first-order chi connectivity index (χ1) is 12.8. The lowest BCUT2D eigenvalue weighted by Gasteiger charge is -2.20. The first-order valence-electron chi connectivity index (χ1n) is 8.96. The van der Waals surface area contributed by atoms with Crippen LogP contribution in [0.25, 0.3) is 0 Å². The van der Waals surface area contributed by atoms with Gasteiger partial charge in [0.25, 0.3) is 0 Å². The minimum Gasteiger partial charge on any atom is -0.356 e. The molecule has 0 aromatic carbocycles. The quantitative estimate of drug-likeness (QED) is 0.387. The number of aliphatic imine (C=N–C) groups is 1. The Morgan fingerprint density at radius 3 is 2.78 bits per heavy atom. The van der Waals surface area contributed by atoms with E-state index in [2.05, 4.69) is 32.1 Å². The molecule has 1 aromatic heterocycles. The van der Waals surface area contributed by atoms with Crippen molar-refractivity contribution in [3.05, 3.63) is 11.6 Å². The first-order valence-corrected chi connectivity index (χ1v) is 10.4. The summed E-state index contributed by atoms with van der Waals surface area (Å²) >= 11 is 1.77. The number of nitrogens with zero attached hydrogens (tertiary/aromatic N) is 5. The molecule has 0 amide bonds. The van der Waals surface area contributed by atoms with E-state index in [1.165, 1.54) is 4.90 Å². The Morgan fingerprint density at radius 1 is 1.37 bits per heavy atom. The van der Waals surface area contributed by atoms with Crippen molar-refractivity contribution in [3.8, 4) is 0 Å². The molecule has 1 atom stereocenters. The zero-order valence-electron chi connectivity index (χ0n) is 16.0. The van der Waals surface area contributed by atoms with Gasteiger partial charge in [0.15, 0.2) is 11.8 Å². The predicted octanol–water partition coefficient (Wildman–Crippen LogP) is 1.55. The number of halogens is 3. The standard InChI is InChI=1S/C16H28F3N7S/c1-12-23-24-14(25(12)2)9-21-15(20-6-4-8-27-3)22-13-5-7-26(10-13)11-16(17,18)19/h13H,4-11H2,1-3H3,(H2,20,21,22). The van der Waals surface area contributed by atoms with Crippen molar-refractivity contribution in [3.63, 3.8) is 0 Å². The van der Waals surface area contributed by atoms with E-state index >= 15 is 0 Å². The number of alkyl halides is 3. The van der Waals surface area contributed by atoms with E-state index in [0.29, 0.717) is 32.0 Å². The Morgan fingerprint density at radius 2 is 2.15 bits per heavy atom. The molecule has 2 N–H and O–H groups in total. The molecule has 0 aliphatic carbocycles. The third kappa shape index (κ3) is 7.57. The molecule has 1 aromatic rings. The van der Waals surface area contributed by atoms with E-state index in [9.17, 15) is 13.2 Å². The van der Waals surface area contributed by atoms with Crippen molar-refractivity contribution in [2.75, 3.05) is 38.2 Å². The summed E-state index contributed by atoms with van der Waals surface area (Å²) in [5.74, 6) is 3.19. The van der Waals surface area contributed by atoms with Crippen LogP contribution in [0.3, 0.4) is 0 Å². The van der Waals surface area contributed by atoms with E-state index in [1.54, 1.807) is 11.8 Å². The highest BCUT2D eigenvalue weighted by molar-refractivity contribution is 7.98. The zero-order chi connectivity index (χ0) is 19.9. The summed E-state index contributed by atoms with van der Waals surface area (Å²) in [6, 6.07) is -0.0552. The van der Waals surface area contributed by atoms with Gasteiger partial charge >= 0.3 is 6.18 Å². The summed E-state index contributed by atoms with van der Waals surface area (Å²) in [4.78, 5) is 5.98. The highest BCUT2D eigenvalue weighted by Crippen LogP contribution is 2.19. The second-order valence-corrected chi connectivity index (χ2v) is 7.63. The van der Waals surface area contributed by atoms with Crippen LogP contribution in [-0.2, 0) is 13.6 Å². The van der Waals surface area contributed by atoms with E-state index in [1.807, 2.05) is 18.5 Å². The molecule has 1 aliphatic heterocycles. The fourth-order valence-electron chi connectivity index (χ4n) is 2.86. The third-order valence-corrected chi connectivity index (χ3v) is 5.09. The number of likely N-dealkylation sites (tertiary alicyclic amines) is 1. The maximum atomic E-state index is 12.6. The Balaban J connectivity index is 1.93. The number of aromatic nitrogens is 3. The molecule has 27 heavy (non-hydrogen) atoms. The van der Waals surface area contributed by atoms with Crippen LogP contribution in [-0.4, -0.2) is 76.0 Å². The van der Waals surface area contributed by atoms with Gasteiger partial charge in [-0.1, -0.05) is 0 Å². The van der Waals surface area contributed by atoms with E-state index in [-0.39, 0.29) is 6.04 Å². The van der Waals surface area contributed by atoms with Gasteiger partial charge in [-0.2, -0.15) is 24.9 Å². The molecule has 1 saturated heterocycles. The number of aryl methyl sites for hydroxylation is 1. The molecule has 0 bridgehead atoms. The highest BCUT2D eigenvalue weighted by Gasteiger charge is 2.34. The van der Waals surface area contributed by atoms with E-state index in [0.717, 1.165) is 30.4 Å². The summed E-state index contributed by atoms with van der Waals surface area (Å²) in [6.45, 7) is 2.90. The third-order valence-electron chi connectivity index (χ3n) is 4.40. The summed E-state index contributed by atoms with van der Waals surface area (Å²) in [6.07, 6.45) is -0.469. The van der Waals surface area contributed by atoms with Gasteiger partial charge in [-0.05, 0) is 31.8 Å². The van der Waals surface area contributed by atoms with Crippen molar-refractivity contribution in [2.45, 2.75) is 38.5 Å². The molecule has 0 radical (unpaired) electrons. The zero-order valence-corrected chi connectivity index (χ0v) is 16.8. The summed E-state index contributed by atoms with van der Waals surface area (Å²) in [7, 11) is 1.88. The fourth-order valence-corrected chi connectivity index (χ4v) is 3.29. The smallest absolute Gasteiger partial charge is 0.356 e. The number of rotatable bonds is 8. The number of nitrogens with one attached hydrogen (secondary N) is 2. The Kier molecular flexibility index (Phi) is 8.21. The predicted molar refractivity (Wildman–Crippen MR) is 102 cm³/mol. The second-order valence-electron chi connectivity index (χ2n) is 6.64. The molecule has 0 spiro atoms. The van der Waals surface area contributed by atoms with Gasteiger partial charge in [-0.15, -0.1) is 10.2 Å². The monoisotopic (exact) mass is 407 g/mol. The van der Waals surface area contributed by atoms with Gasteiger partial charge in [0.1, 0.15) is 12.4 Å². The molecule has 1 unspecified atom stereocenters. The molecule has 1 fully saturated rings. The lowest BCUT2D eigenvalue weighted by atomic mass is 10.3. The SMILES string of the molecule is CSCCCNC(=NCc1nnc(C)n1C)NC1CCN(CC(F)(F)F)C1. The topological polar surface area (TPSA) is 70.4 Å². The molecule has 2 rings (SSSR count). The number of hydrogen-bond acceptors (Lipinski definition) is 5. The highest BCUT2D eigenvalue weighted by atomic mass is 32.2. The molecular weight excluding hydrogens is 379 g/mol. The largest absolute Gasteiger partial charge is 0.401 e. The Bertz CT molecular complexity index is 618. The van der Waals surface area contributed by atoms with Crippen LogP contribution in [0.4, 0.5) is 13.2 Å². The van der Waals surface area contributed by atoms with Crippen molar-refractivity contribution >= 4 is 17.7 Å². The molecule has 2 heterocycles. The molecule has 7 nitrogen and oxygen atoms in total. The molecular formula is C16H28F3N7S. The molecule has 1 aliphatic rings. The Hall–Kier alpha value is -1.49. The van der Waals surface area contributed by atoms with Crippen molar-refractivity contribution < 1.29 is 13.2 Å². The van der Waals surface area contributed by atoms with Gasteiger partial charge in [-0.3, -0.25) is 4.90 Å². The van der Waals surface area contributed by atoms with Gasteiger partial charge < -0.3 is 15.2 Å². The molecule has 154 valence electrons. The molecule has 0 saturated carbocycles. The van der Waals surface area contributed by atoms with Crippen LogP contribution < -0.4 is 10.6 Å². The van der Waals surface area contributed by atoms with E-state index < -0.39 is 12.7 Å². The van der Waals surface area contributed by atoms with Crippen LogP contribution >= 0.6 is 11.8 Å². The van der Waals surface area contributed by atoms with Crippen molar-refractivity contribution in [1.29, 1.82) is 0 Å². The van der Waals surface area contributed by atoms with Gasteiger partial charge in [0.05, 0.1) is 6.54 Å². The van der Waals surface area contributed by atoms with Gasteiger partial charge in [0.2, 0.25) is 0 Å². The maximum Gasteiger partial charge on any atom is 0.401 e. The van der Waals surface area contributed by atoms with Crippen LogP contribution in [0.5, 0.6) is 0 Å². The number of hydrogen-bond donors (Lipinski definition) is 2. The van der Waals surface area contributed by atoms with Crippen LogP contribution in [0, 0.1) is 6.92 Å². The summed E-state index contributed by atoms with van der Waals surface area (Å²) in [5, 5.41) is 14.6. The summed E-state index contributed by atoms with van der Waals surface area (Å²) < 4.78 is 39.6. The minimum absolute atomic E-state index is 0.0552. The van der Waals surface area contributed by atoms with Crippen LogP contribution in [0.2, 0.25) is 0 Å².